The molecule has 3 nitrogen and oxygen atoms in total. The number of nitrogens with one attached hydrogen (secondary N) is 1. The molecule has 0 aliphatic rings. The van der Waals surface area contributed by atoms with Gasteiger partial charge in [0.2, 0.25) is 0 Å². The number of aromatic hydroxyl groups is 1. The van der Waals surface area contributed by atoms with Crippen LogP contribution in [0.25, 0.3) is 0 Å². The first-order chi connectivity index (χ1) is 6.79. The zero-order chi connectivity index (χ0) is 10.4. The lowest BCUT2D eigenvalue weighted by atomic mass is 10.0. The summed E-state index contributed by atoms with van der Waals surface area (Å²) in [5.74, 6) is 0.356. The summed E-state index contributed by atoms with van der Waals surface area (Å²) >= 11 is 0. The van der Waals surface area contributed by atoms with Crippen LogP contribution in [-0.4, -0.2) is 25.8 Å². The monoisotopic (exact) mass is 195 g/mol. The van der Waals surface area contributed by atoms with Crippen LogP contribution < -0.4 is 5.32 Å². The molecule has 0 spiro atoms. The predicted molar refractivity (Wildman–Crippen MR) is 56.5 cm³/mol. The first-order valence-corrected chi connectivity index (χ1v) is 4.73. The van der Waals surface area contributed by atoms with Gasteiger partial charge in [-0.2, -0.15) is 0 Å². The third-order valence-corrected chi connectivity index (χ3v) is 2.17. The van der Waals surface area contributed by atoms with E-state index in [1.165, 1.54) is 0 Å². The van der Waals surface area contributed by atoms with Crippen LogP contribution in [0.15, 0.2) is 18.2 Å². The predicted octanol–water partition coefficient (Wildman–Crippen LogP) is 1.30. The van der Waals surface area contributed by atoms with Crippen LogP contribution in [0.2, 0.25) is 0 Å². The van der Waals surface area contributed by atoms with Gasteiger partial charge in [-0.05, 0) is 31.6 Å². The Morgan fingerprint density at radius 1 is 1.43 bits per heavy atom. The van der Waals surface area contributed by atoms with Gasteiger partial charge < -0.3 is 15.2 Å². The van der Waals surface area contributed by atoms with Crippen molar-refractivity contribution in [2.45, 2.75) is 13.0 Å². The van der Waals surface area contributed by atoms with Gasteiger partial charge in [-0.25, -0.2) is 0 Å². The standard InChI is InChI=1S/C11H17NO2/c1-12-7-6-10-9(8-14-2)4-3-5-11(10)13/h3-5,12-13H,6-8H2,1-2H3. The summed E-state index contributed by atoms with van der Waals surface area (Å²) in [6.45, 7) is 1.40. The fourth-order valence-electron chi connectivity index (χ4n) is 1.45. The Kier molecular flexibility index (Phi) is 4.43. The van der Waals surface area contributed by atoms with E-state index in [0.717, 1.165) is 24.1 Å². The summed E-state index contributed by atoms with van der Waals surface area (Å²) in [6, 6.07) is 5.53. The van der Waals surface area contributed by atoms with E-state index < -0.39 is 0 Å². The van der Waals surface area contributed by atoms with Crippen molar-refractivity contribution in [3.8, 4) is 5.75 Å². The lowest BCUT2D eigenvalue weighted by molar-refractivity contribution is 0.184. The van der Waals surface area contributed by atoms with Crippen molar-refractivity contribution < 1.29 is 9.84 Å². The maximum Gasteiger partial charge on any atom is 0.119 e. The van der Waals surface area contributed by atoms with Crippen LogP contribution in [0.3, 0.4) is 0 Å². The highest BCUT2D eigenvalue weighted by Crippen LogP contribution is 2.21. The maximum atomic E-state index is 9.66. The summed E-state index contributed by atoms with van der Waals surface area (Å²) in [7, 11) is 3.56. The van der Waals surface area contributed by atoms with E-state index in [1.54, 1.807) is 13.2 Å². The number of benzene rings is 1. The molecular weight excluding hydrogens is 178 g/mol. The quantitative estimate of drug-likeness (QED) is 0.744. The molecule has 0 amide bonds. The topological polar surface area (TPSA) is 41.5 Å². The Bertz CT molecular complexity index is 287. The van der Waals surface area contributed by atoms with Gasteiger partial charge in [0.15, 0.2) is 0 Å². The lowest BCUT2D eigenvalue weighted by Crippen LogP contribution is -2.11. The highest BCUT2D eigenvalue weighted by molar-refractivity contribution is 5.39. The minimum Gasteiger partial charge on any atom is -0.508 e. The van der Waals surface area contributed by atoms with Crippen molar-refractivity contribution in [2.75, 3.05) is 20.7 Å². The number of ether oxygens (including phenoxy) is 1. The number of likely N-dealkylation sites (N-methyl/N-ethyl adjacent to an activating group) is 1. The van der Waals surface area contributed by atoms with Crippen molar-refractivity contribution in [1.82, 2.24) is 5.32 Å². The van der Waals surface area contributed by atoms with E-state index in [2.05, 4.69) is 5.32 Å². The average Bonchev–Trinajstić information content (AvgIpc) is 2.18. The largest absolute Gasteiger partial charge is 0.508 e. The molecule has 3 heteroatoms. The second-order valence-corrected chi connectivity index (χ2v) is 3.20. The van der Waals surface area contributed by atoms with Gasteiger partial charge in [0, 0.05) is 12.7 Å². The first-order valence-electron chi connectivity index (χ1n) is 4.73. The molecule has 1 rings (SSSR count). The van der Waals surface area contributed by atoms with Crippen molar-refractivity contribution >= 4 is 0 Å². The van der Waals surface area contributed by atoms with E-state index in [0.29, 0.717) is 12.4 Å². The molecule has 0 unspecified atom stereocenters. The van der Waals surface area contributed by atoms with Crippen molar-refractivity contribution in [2.24, 2.45) is 0 Å². The molecule has 0 aliphatic carbocycles. The average molecular weight is 195 g/mol. The normalized spacial score (nSPS) is 10.4. The van der Waals surface area contributed by atoms with Crippen LogP contribution in [0.4, 0.5) is 0 Å². The van der Waals surface area contributed by atoms with Gasteiger partial charge in [-0.3, -0.25) is 0 Å². The lowest BCUT2D eigenvalue weighted by Gasteiger charge is -2.10. The van der Waals surface area contributed by atoms with E-state index >= 15 is 0 Å². The van der Waals surface area contributed by atoms with Gasteiger partial charge in [-0.15, -0.1) is 0 Å². The molecule has 0 heterocycles. The molecule has 0 saturated heterocycles. The summed E-state index contributed by atoms with van der Waals surface area (Å²) < 4.78 is 5.07. The Labute approximate surface area is 84.7 Å². The van der Waals surface area contributed by atoms with E-state index in [-0.39, 0.29) is 0 Å². The van der Waals surface area contributed by atoms with Crippen molar-refractivity contribution in [3.63, 3.8) is 0 Å². The summed E-state index contributed by atoms with van der Waals surface area (Å²) in [5, 5.41) is 12.7. The molecule has 0 bridgehead atoms. The Morgan fingerprint density at radius 2 is 2.21 bits per heavy atom. The van der Waals surface area contributed by atoms with Crippen molar-refractivity contribution in [3.05, 3.63) is 29.3 Å². The molecule has 2 N–H and O–H groups in total. The number of rotatable bonds is 5. The van der Waals surface area contributed by atoms with E-state index in [9.17, 15) is 5.11 Å². The van der Waals surface area contributed by atoms with Gasteiger partial charge >= 0.3 is 0 Å². The van der Waals surface area contributed by atoms with Gasteiger partial charge in [0.1, 0.15) is 5.75 Å². The SMILES string of the molecule is CNCCc1c(O)cccc1COC. The molecule has 0 aromatic heterocycles. The number of hydrogen-bond donors (Lipinski definition) is 2. The molecule has 1 aromatic carbocycles. The highest BCUT2D eigenvalue weighted by Gasteiger charge is 2.06. The van der Waals surface area contributed by atoms with Crippen LogP contribution >= 0.6 is 0 Å². The van der Waals surface area contributed by atoms with Gasteiger partial charge in [0.25, 0.3) is 0 Å². The molecule has 0 atom stereocenters. The molecule has 0 saturated carbocycles. The first kappa shape index (κ1) is 11.0. The second kappa shape index (κ2) is 5.62. The minimum absolute atomic E-state index is 0.356. The number of methoxy groups -OCH3 is 1. The van der Waals surface area contributed by atoms with E-state index in [4.69, 9.17) is 4.74 Å². The second-order valence-electron chi connectivity index (χ2n) is 3.20. The Morgan fingerprint density at radius 3 is 2.86 bits per heavy atom. The fraction of sp³-hybridized carbons (Fsp3) is 0.455. The molecule has 0 aliphatic heterocycles. The zero-order valence-electron chi connectivity index (χ0n) is 8.71. The molecule has 78 valence electrons. The minimum atomic E-state index is 0.356. The van der Waals surface area contributed by atoms with Crippen LogP contribution in [0.1, 0.15) is 11.1 Å². The van der Waals surface area contributed by atoms with Crippen LogP contribution in [0.5, 0.6) is 5.75 Å². The number of phenolic OH excluding ortho intramolecular Hbond substituents is 1. The van der Waals surface area contributed by atoms with Gasteiger partial charge in [-0.1, -0.05) is 12.1 Å². The fourth-order valence-corrected chi connectivity index (χ4v) is 1.45. The molecular formula is C11H17NO2. The summed E-state index contributed by atoms with van der Waals surface area (Å²) in [6.07, 6.45) is 0.821. The molecule has 14 heavy (non-hydrogen) atoms. The smallest absolute Gasteiger partial charge is 0.119 e. The number of phenols is 1. The Balaban J connectivity index is 2.84. The molecule has 0 fully saturated rings. The molecule has 0 radical (unpaired) electrons. The maximum absolute atomic E-state index is 9.66. The third kappa shape index (κ3) is 2.72. The summed E-state index contributed by atoms with van der Waals surface area (Å²) in [4.78, 5) is 0. The van der Waals surface area contributed by atoms with Gasteiger partial charge in [0.05, 0.1) is 6.61 Å². The molecule has 1 aromatic rings. The Hall–Kier alpha value is -1.06. The van der Waals surface area contributed by atoms with Crippen LogP contribution in [-0.2, 0) is 17.8 Å². The summed E-state index contributed by atoms with van der Waals surface area (Å²) in [5.41, 5.74) is 2.03. The highest BCUT2D eigenvalue weighted by atomic mass is 16.5. The van der Waals surface area contributed by atoms with E-state index in [1.807, 2.05) is 19.2 Å². The zero-order valence-corrected chi connectivity index (χ0v) is 8.71. The number of hydrogen-bond acceptors (Lipinski definition) is 3. The van der Waals surface area contributed by atoms with Crippen molar-refractivity contribution in [1.29, 1.82) is 0 Å². The third-order valence-electron chi connectivity index (χ3n) is 2.17. The van der Waals surface area contributed by atoms with Crippen LogP contribution in [0, 0.1) is 0 Å².